The van der Waals surface area contributed by atoms with Gasteiger partial charge in [-0.1, -0.05) is 30.3 Å². The summed E-state index contributed by atoms with van der Waals surface area (Å²) in [6.45, 7) is 3.03. The second-order valence-electron chi connectivity index (χ2n) is 6.55. The van der Waals surface area contributed by atoms with Crippen molar-refractivity contribution in [3.8, 4) is 0 Å². The molecule has 0 saturated heterocycles. The van der Waals surface area contributed by atoms with Crippen LogP contribution in [0, 0.1) is 5.82 Å². The van der Waals surface area contributed by atoms with Gasteiger partial charge in [-0.2, -0.15) is 9.52 Å². The van der Waals surface area contributed by atoms with E-state index in [4.69, 9.17) is 0 Å². The van der Waals surface area contributed by atoms with Gasteiger partial charge in [-0.25, -0.2) is 21.2 Å². The van der Waals surface area contributed by atoms with E-state index in [1.807, 2.05) is 0 Å². The van der Waals surface area contributed by atoms with Gasteiger partial charge < -0.3 is 0 Å². The Balaban J connectivity index is 2.01. The zero-order valence-corrected chi connectivity index (χ0v) is 17.7. The quantitative estimate of drug-likeness (QED) is 0.717. The van der Waals surface area contributed by atoms with Crippen molar-refractivity contribution in [1.29, 1.82) is 0 Å². The van der Waals surface area contributed by atoms with Crippen LogP contribution >= 0.6 is 0 Å². The maximum atomic E-state index is 14.4. The number of hydrazone groups is 1. The van der Waals surface area contributed by atoms with Gasteiger partial charge in [-0.15, -0.1) is 0 Å². The van der Waals surface area contributed by atoms with Crippen molar-refractivity contribution in [3.05, 3.63) is 65.5 Å². The Morgan fingerprint density at radius 3 is 2.45 bits per heavy atom. The lowest BCUT2D eigenvalue weighted by Crippen LogP contribution is -2.29. The standard InChI is InChI=1S/C19H22FN3O4S2/c1-3-28(24,25)22-15-9-7-8-14(12-15)18-13-19(16-10-5-6-11-17(16)20)23(21-18)29(26,27)4-2/h5-12,19,22H,3-4,13H2,1-2H3/t19-/m0/s1. The summed E-state index contributed by atoms with van der Waals surface area (Å²) in [7, 11) is -7.18. The first kappa shape index (κ1) is 21.3. The number of rotatable bonds is 7. The number of hydrogen-bond donors (Lipinski definition) is 1. The lowest BCUT2D eigenvalue weighted by atomic mass is 9.98. The van der Waals surface area contributed by atoms with Crippen molar-refractivity contribution in [2.45, 2.75) is 26.3 Å². The highest BCUT2D eigenvalue weighted by atomic mass is 32.2. The number of nitrogens with zero attached hydrogens (tertiary/aromatic N) is 2. The highest BCUT2D eigenvalue weighted by molar-refractivity contribution is 7.92. The summed E-state index contributed by atoms with van der Waals surface area (Å²) < 4.78 is 66.6. The molecule has 1 aliphatic rings. The minimum atomic E-state index is -3.73. The molecule has 1 heterocycles. The molecule has 7 nitrogen and oxygen atoms in total. The molecule has 1 atom stereocenters. The molecular weight excluding hydrogens is 417 g/mol. The van der Waals surface area contributed by atoms with Gasteiger partial charge in [0.15, 0.2) is 0 Å². The van der Waals surface area contributed by atoms with E-state index in [1.165, 1.54) is 26.0 Å². The van der Waals surface area contributed by atoms with Crippen molar-refractivity contribution in [2.75, 3.05) is 16.2 Å². The van der Waals surface area contributed by atoms with Gasteiger partial charge in [-0.3, -0.25) is 4.72 Å². The highest BCUT2D eigenvalue weighted by Gasteiger charge is 2.37. The molecule has 0 aromatic heterocycles. The lowest BCUT2D eigenvalue weighted by molar-refractivity contribution is 0.363. The molecule has 0 fully saturated rings. The normalized spacial score (nSPS) is 17.3. The molecule has 0 amide bonds. The number of hydrogen-bond acceptors (Lipinski definition) is 5. The number of benzene rings is 2. The van der Waals surface area contributed by atoms with Crippen LogP contribution in [-0.4, -0.2) is 38.5 Å². The molecule has 3 rings (SSSR count). The van der Waals surface area contributed by atoms with Crippen LogP contribution in [0.4, 0.5) is 10.1 Å². The van der Waals surface area contributed by atoms with Crippen molar-refractivity contribution in [1.82, 2.24) is 4.41 Å². The van der Waals surface area contributed by atoms with E-state index < -0.39 is 31.9 Å². The summed E-state index contributed by atoms with van der Waals surface area (Å²) in [6.07, 6.45) is 0.171. The van der Waals surface area contributed by atoms with E-state index in [1.54, 1.807) is 36.4 Å². The summed E-state index contributed by atoms with van der Waals surface area (Å²) in [6, 6.07) is 11.8. The van der Waals surface area contributed by atoms with Crippen molar-refractivity contribution in [2.24, 2.45) is 5.10 Å². The molecule has 0 unspecified atom stereocenters. The molecular formula is C19H22FN3O4S2. The molecule has 2 aromatic rings. The maximum Gasteiger partial charge on any atom is 0.250 e. The number of halogens is 1. The highest BCUT2D eigenvalue weighted by Crippen LogP contribution is 2.36. The van der Waals surface area contributed by atoms with E-state index in [-0.39, 0.29) is 23.5 Å². The van der Waals surface area contributed by atoms with Crippen LogP contribution in [0.5, 0.6) is 0 Å². The Hall–Kier alpha value is -2.46. The fourth-order valence-electron chi connectivity index (χ4n) is 3.04. The number of anilines is 1. The van der Waals surface area contributed by atoms with Gasteiger partial charge in [0, 0.05) is 17.7 Å². The third-order valence-corrected chi connectivity index (χ3v) is 7.58. The molecule has 0 bridgehead atoms. The van der Waals surface area contributed by atoms with E-state index in [0.29, 0.717) is 17.0 Å². The largest absolute Gasteiger partial charge is 0.284 e. The topological polar surface area (TPSA) is 95.9 Å². The minimum absolute atomic E-state index is 0.0734. The molecule has 0 spiro atoms. The molecule has 1 aliphatic heterocycles. The Bertz CT molecular complexity index is 1150. The van der Waals surface area contributed by atoms with Gasteiger partial charge in [0.2, 0.25) is 20.0 Å². The average molecular weight is 440 g/mol. The summed E-state index contributed by atoms with van der Waals surface area (Å²) in [5, 5.41) is 4.28. The smallest absolute Gasteiger partial charge is 0.250 e. The van der Waals surface area contributed by atoms with Crippen LogP contribution in [0.1, 0.15) is 37.4 Å². The van der Waals surface area contributed by atoms with Gasteiger partial charge >= 0.3 is 0 Å². The van der Waals surface area contributed by atoms with E-state index >= 15 is 0 Å². The summed E-state index contributed by atoms with van der Waals surface area (Å²) in [5.41, 5.74) is 1.60. The molecule has 2 aromatic carbocycles. The number of nitrogens with one attached hydrogen (secondary N) is 1. The summed E-state index contributed by atoms with van der Waals surface area (Å²) >= 11 is 0. The first-order chi connectivity index (χ1) is 13.7. The Labute approximate surface area is 170 Å². The molecule has 1 N–H and O–H groups in total. The van der Waals surface area contributed by atoms with Crippen molar-refractivity contribution < 1.29 is 21.2 Å². The van der Waals surface area contributed by atoms with Crippen LogP contribution in [-0.2, 0) is 20.0 Å². The third-order valence-electron chi connectivity index (χ3n) is 4.64. The summed E-state index contributed by atoms with van der Waals surface area (Å²) in [4.78, 5) is 0. The van der Waals surface area contributed by atoms with Crippen molar-refractivity contribution in [3.63, 3.8) is 0 Å². The van der Waals surface area contributed by atoms with E-state index in [2.05, 4.69) is 9.82 Å². The molecule has 156 valence electrons. The monoisotopic (exact) mass is 439 g/mol. The van der Waals surface area contributed by atoms with Gasteiger partial charge in [0.05, 0.1) is 23.3 Å². The van der Waals surface area contributed by atoms with E-state index in [0.717, 1.165) is 4.41 Å². The van der Waals surface area contributed by atoms with Crippen LogP contribution < -0.4 is 4.72 Å². The fourth-order valence-corrected chi connectivity index (χ4v) is 4.74. The average Bonchev–Trinajstić information content (AvgIpc) is 3.14. The molecule has 0 radical (unpaired) electrons. The first-order valence-electron chi connectivity index (χ1n) is 9.11. The molecule has 29 heavy (non-hydrogen) atoms. The summed E-state index contributed by atoms with van der Waals surface area (Å²) in [5.74, 6) is -0.754. The Morgan fingerprint density at radius 2 is 1.79 bits per heavy atom. The van der Waals surface area contributed by atoms with Crippen LogP contribution in [0.3, 0.4) is 0 Å². The minimum Gasteiger partial charge on any atom is -0.284 e. The Morgan fingerprint density at radius 1 is 1.07 bits per heavy atom. The van der Waals surface area contributed by atoms with Crippen molar-refractivity contribution >= 4 is 31.4 Å². The Kier molecular flexibility index (Phi) is 5.95. The first-order valence-corrected chi connectivity index (χ1v) is 12.4. The zero-order valence-electron chi connectivity index (χ0n) is 16.0. The third kappa shape index (κ3) is 4.59. The SMILES string of the molecule is CCS(=O)(=O)Nc1cccc(C2=NN(S(=O)(=O)CC)[C@H](c3ccccc3F)C2)c1. The second kappa shape index (κ2) is 8.11. The predicted molar refractivity (Wildman–Crippen MR) is 111 cm³/mol. The maximum absolute atomic E-state index is 14.4. The van der Waals surface area contributed by atoms with Gasteiger partial charge in [0.1, 0.15) is 5.82 Å². The van der Waals surface area contributed by atoms with Crippen LogP contribution in [0.25, 0.3) is 0 Å². The second-order valence-corrected chi connectivity index (χ2v) is 10.7. The molecule has 0 aliphatic carbocycles. The van der Waals surface area contributed by atoms with Crippen LogP contribution in [0.15, 0.2) is 53.6 Å². The van der Waals surface area contributed by atoms with Gasteiger partial charge in [-0.05, 0) is 37.6 Å². The van der Waals surface area contributed by atoms with Crippen LogP contribution in [0.2, 0.25) is 0 Å². The van der Waals surface area contributed by atoms with Gasteiger partial charge in [0.25, 0.3) is 0 Å². The predicted octanol–water partition coefficient (Wildman–Crippen LogP) is 3.09. The molecule has 0 saturated carbocycles. The van der Waals surface area contributed by atoms with E-state index in [9.17, 15) is 21.2 Å². The number of sulfonamides is 2. The fraction of sp³-hybridized carbons (Fsp3) is 0.316. The zero-order chi connectivity index (χ0) is 21.2. The molecule has 10 heteroatoms. The lowest BCUT2D eigenvalue weighted by Gasteiger charge is -2.23.